The average Bonchev–Trinajstić information content (AvgIpc) is 2.81. The van der Waals surface area contributed by atoms with Crippen LogP contribution in [0.1, 0.15) is 12.5 Å². The maximum absolute atomic E-state index is 2.41. The van der Waals surface area contributed by atoms with Gasteiger partial charge in [-0.3, -0.25) is 0 Å². The van der Waals surface area contributed by atoms with E-state index in [1.165, 1.54) is 21.1 Å². The topological polar surface area (TPSA) is 0 Å². The molecule has 0 bridgehead atoms. The fourth-order valence-electron chi connectivity index (χ4n) is 4.36. The quantitative estimate of drug-likeness (QED) is 0.311. The third kappa shape index (κ3) is 3.87. The van der Waals surface area contributed by atoms with Crippen molar-refractivity contribution >= 4 is 29.7 Å². The molecule has 0 radical (unpaired) electrons. The molecule has 0 aromatic heterocycles. The summed E-state index contributed by atoms with van der Waals surface area (Å²) in [4.78, 5) is 0. The first-order valence-electron chi connectivity index (χ1n) is 10.2. The van der Waals surface area contributed by atoms with E-state index in [9.17, 15) is 0 Å². The molecule has 0 heterocycles. The minimum Gasteiger partial charge on any atom is -0.0828 e. The van der Waals surface area contributed by atoms with E-state index in [0.717, 1.165) is 0 Å². The van der Waals surface area contributed by atoms with Crippen molar-refractivity contribution in [3.05, 3.63) is 133 Å². The van der Waals surface area contributed by atoms with Gasteiger partial charge in [0, 0.05) is 0 Å². The second-order valence-corrected chi connectivity index (χ2v) is 11.7. The highest BCUT2D eigenvalue weighted by Crippen LogP contribution is 2.25. The number of hydrogen-bond donors (Lipinski definition) is 0. The Balaban J connectivity index is 1.94. The zero-order valence-corrected chi connectivity index (χ0v) is 17.8. The molecule has 0 aliphatic rings. The van der Waals surface area contributed by atoms with E-state index >= 15 is 0 Å². The highest BCUT2D eigenvalue weighted by Gasteiger charge is 2.43. The van der Waals surface area contributed by atoms with E-state index in [2.05, 4.69) is 140 Å². The number of allylic oxidation sites excluding steroid dienone is 1. The van der Waals surface area contributed by atoms with Gasteiger partial charge < -0.3 is 0 Å². The summed E-state index contributed by atoms with van der Waals surface area (Å²) in [6, 6.07) is 43.9. The van der Waals surface area contributed by atoms with Crippen LogP contribution < -0.4 is 15.6 Å². The monoisotopic (exact) mass is 390 g/mol. The van der Waals surface area contributed by atoms with Crippen molar-refractivity contribution in [1.29, 1.82) is 0 Å². The largest absolute Gasteiger partial charge is 0.154 e. The molecule has 4 aromatic carbocycles. The van der Waals surface area contributed by atoms with Crippen LogP contribution in [0.15, 0.2) is 127 Å². The second kappa shape index (κ2) is 8.89. The summed E-state index contributed by atoms with van der Waals surface area (Å²) in [5, 5.41) is 4.34. The molecule has 29 heavy (non-hydrogen) atoms. The zero-order chi connectivity index (χ0) is 19.9. The van der Waals surface area contributed by atoms with Crippen LogP contribution in [0, 0.1) is 0 Å². The van der Waals surface area contributed by atoms with Gasteiger partial charge in [0.05, 0.1) is 0 Å². The summed E-state index contributed by atoms with van der Waals surface area (Å²) in [6.45, 7) is 2.39. The van der Waals surface area contributed by atoms with E-state index in [4.69, 9.17) is 0 Å². The van der Waals surface area contributed by atoms with E-state index in [1.54, 1.807) is 0 Å². The maximum Gasteiger partial charge on any atom is 0.154 e. The van der Waals surface area contributed by atoms with Crippen molar-refractivity contribution < 1.29 is 0 Å². The van der Waals surface area contributed by atoms with Gasteiger partial charge in [-0.25, -0.2) is 0 Å². The first kappa shape index (κ1) is 19.2. The highest BCUT2D eigenvalue weighted by molar-refractivity contribution is 7.12. The molecule has 1 unspecified atom stereocenters. The molecule has 0 aliphatic carbocycles. The lowest BCUT2D eigenvalue weighted by Crippen LogP contribution is -2.69. The van der Waals surface area contributed by atoms with Crippen molar-refractivity contribution in [1.82, 2.24) is 0 Å². The third-order valence-corrected chi connectivity index (χ3v) is 11.0. The molecule has 0 N–H and O–H groups in total. The standard InChI is InChI=1S/C28H26Si/c1-24(22-23-25-14-6-2-7-15-25)29(26-16-8-3-9-17-26,27-18-10-4-11-19-27)28-20-12-5-13-21-28/h2-24H,1H3/b23-22+. The SMILES string of the molecule is CC(/C=C/c1ccccc1)[Si](c1ccccc1)(c1ccccc1)c1ccccc1. The van der Waals surface area contributed by atoms with Crippen LogP contribution in [0.4, 0.5) is 0 Å². The Morgan fingerprint density at radius 1 is 0.517 bits per heavy atom. The Labute approximate surface area is 175 Å². The Bertz CT molecular complexity index is 942. The van der Waals surface area contributed by atoms with Crippen molar-refractivity contribution in [2.75, 3.05) is 0 Å². The molecule has 1 heteroatoms. The lowest BCUT2D eigenvalue weighted by atomic mass is 10.2. The molecule has 0 saturated carbocycles. The van der Waals surface area contributed by atoms with Crippen LogP contribution >= 0.6 is 0 Å². The first-order valence-corrected chi connectivity index (χ1v) is 12.3. The second-order valence-electron chi connectivity index (χ2n) is 7.46. The summed E-state index contributed by atoms with van der Waals surface area (Å²) < 4.78 is 0. The molecule has 0 saturated heterocycles. The predicted molar refractivity (Wildman–Crippen MR) is 129 cm³/mol. The number of benzene rings is 4. The third-order valence-electron chi connectivity index (χ3n) is 5.75. The minimum atomic E-state index is -2.27. The van der Waals surface area contributed by atoms with Gasteiger partial charge in [0.25, 0.3) is 0 Å². The molecule has 0 nitrogen and oxygen atoms in total. The molecule has 0 amide bonds. The molecule has 142 valence electrons. The molecule has 4 rings (SSSR count). The molecule has 1 atom stereocenters. The number of hydrogen-bond acceptors (Lipinski definition) is 0. The van der Waals surface area contributed by atoms with Gasteiger partial charge in [-0.15, -0.1) is 0 Å². The number of rotatable bonds is 6. The van der Waals surface area contributed by atoms with Crippen molar-refractivity contribution in [2.45, 2.75) is 12.5 Å². The smallest absolute Gasteiger partial charge is 0.0828 e. The normalized spacial score (nSPS) is 12.7. The Kier molecular flexibility index (Phi) is 5.88. The van der Waals surface area contributed by atoms with Gasteiger partial charge in [0.15, 0.2) is 8.07 Å². The van der Waals surface area contributed by atoms with E-state index in [0.29, 0.717) is 5.54 Å². The Morgan fingerprint density at radius 2 is 0.862 bits per heavy atom. The van der Waals surface area contributed by atoms with Gasteiger partial charge in [-0.05, 0) is 26.7 Å². The summed E-state index contributed by atoms with van der Waals surface area (Å²) in [6.07, 6.45) is 4.69. The molecule has 0 fully saturated rings. The fraction of sp³-hybridized carbons (Fsp3) is 0.0714. The summed E-state index contributed by atoms with van der Waals surface area (Å²) >= 11 is 0. The predicted octanol–water partition coefficient (Wildman–Crippen LogP) is 5.26. The maximum atomic E-state index is 2.41. The van der Waals surface area contributed by atoms with Gasteiger partial charge in [-0.1, -0.05) is 140 Å². The van der Waals surface area contributed by atoms with Crippen molar-refractivity contribution in [3.8, 4) is 0 Å². The highest BCUT2D eigenvalue weighted by atomic mass is 28.3. The minimum absolute atomic E-state index is 0.384. The van der Waals surface area contributed by atoms with E-state index in [-0.39, 0.29) is 0 Å². The van der Waals surface area contributed by atoms with Crippen LogP contribution in [0.25, 0.3) is 6.08 Å². The zero-order valence-electron chi connectivity index (χ0n) is 16.8. The first-order chi connectivity index (χ1) is 14.3. The van der Waals surface area contributed by atoms with Gasteiger partial charge in [-0.2, -0.15) is 0 Å². The Hall–Kier alpha value is -3.16. The van der Waals surface area contributed by atoms with E-state index < -0.39 is 8.07 Å². The van der Waals surface area contributed by atoms with E-state index in [1.807, 2.05) is 0 Å². The average molecular weight is 391 g/mol. The van der Waals surface area contributed by atoms with Crippen molar-refractivity contribution in [2.24, 2.45) is 0 Å². The van der Waals surface area contributed by atoms with Crippen LogP contribution in [-0.4, -0.2) is 8.07 Å². The molecule has 0 aliphatic heterocycles. The lowest BCUT2D eigenvalue weighted by molar-refractivity contribution is 1.17. The molecule has 4 aromatic rings. The van der Waals surface area contributed by atoms with Gasteiger partial charge >= 0.3 is 0 Å². The van der Waals surface area contributed by atoms with Crippen LogP contribution in [-0.2, 0) is 0 Å². The molecule has 0 spiro atoms. The molecular formula is C28H26Si. The summed E-state index contributed by atoms with van der Waals surface area (Å²) in [7, 11) is -2.27. The fourth-order valence-corrected chi connectivity index (χ4v) is 9.47. The summed E-state index contributed by atoms with van der Waals surface area (Å²) in [5.41, 5.74) is 1.63. The van der Waals surface area contributed by atoms with Crippen molar-refractivity contribution in [3.63, 3.8) is 0 Å². The van der Waals surface area contributed by atoms with Crippen LogP contribution in [0.3, 0.4) is 0 Å². The Morgan fingerprint density at radius 3 is 1.24 bits per heavy atom. The van der Waals surface area contributed by atoms with Crippen LogP contribution in [0.2, 0.25) is 5.54 Å². The molecular weight excluding hydrogens is 364 g/mol. The van der Waals surface area contributed by atoms with Crippen LogP contribution in [0.5, 0.6) is 0 Å². The van der Waals surface area contributed by atoms with Gasteiger partial charge in [0.1, 0.15) is 0 Å². The summed E-state index contributed by atoms with van der Waals surface area (Å²) in [5.74, 6) is 0. The van der Waals surface area contributed by atoms with Gasteiger partial charge in [0.2, 0.25) is 0 Å². The lowest BCUT2D eigenvalue weighted by Gasteiger charge is -2.38.